The fourth-order valence-corrected chi connectivity index (χ4v) is 3.38. The molecule has 0 spiro atoms. The Morgan fingerprint density at radius 2 is 2.12 bits per heavy atom. The van der Waals surface area contributed by atoms with Crippen LogP contribution in [0.1, 0.15) is 10.7 Å². The molecule has 9 heteroatoms. The molecule has 0 radical (unpaired) electrons. The molecule has 1 amide bonds. The lowest BCUT2D eigenvalue weighted by atomic mass is 10.3. The molecule has 128 valence electrons. The fourth-order valence-electron chi connectivity index (χ4n) is 2.47. The largest absolute Gasteiger partial charge is 0.324 e. The molecule has 0 atom stereocenters. The van der Waals surface area contributed by atoms with Crippen molar-refractivity contribution in [2.75, 3.05) is 5.32 Å². The number of amides is 1. The lowest BCUT2D eigenvalue weighted by Crippen LogP contribution is -2.29. The highest BCUT2D eigenvalue weighted by atomic mass is 32.1. The normalized spacial score (nSPS) is 10.8. The van der Waals surface area contributed by atoms with Crippen LogP contribution < -0.4 is 10.9 Å². The van der Waals surface area contributed by atoms with E-state index < -0.39 is 10.8 Å². The number of aromatic nitrogens is 2. The second kappa shape index (κ2) is 6.44. The van der Waals surface area contributed by atoms with Gasteiger partial charge in [0.1, 0.15) is 17.2 Å². The first-order chi connectivity index (χ1) is 11.8. The maximum atomic E-state index is 12.6. The summed E-state index contributed by atoms with van der Waals surface area (Å²) in [5.41, 5.74) is -0.102. The standard InChI is InChI=1S/C16H14N4O4S/c1-9-6-13-15(25-9)17-10(2)19(16(13)22)8-14(21)18-11-4-3-5-12(7-11)20(23)24/h3-7H,8H2,1-2H3,(H,18,21). The van der Waals surface area contributed by atoms with E-state index in [1.54, 1.807) is 19.1 Å². The zero-order valence-electron chi connectivity index (χ0n) is 13.5. The van der Waals surface area contributed by atoms with E-state index >= 15 is 0 Å². The van der Waals surface area contributed by atoms with Crippen LogP contribution in [0, 0.1) is 24.0 Å². The Morgan fingerprint density at radius 3 is 2.84 bits per heavy atom. The number of thiophene rings is 1. The number of nitro groups is 1. The SMILES string of the molecule is Cc1cc2c(=O)n(CC(=O)Nc3cccc([N+](=O)[O-])c3)c(C)nc2s1. The minimum Gasteiger partial charge on any atom is -0.324 e. The van der Waals surface area contributed by atoms with Crippen LogP contribution in [0.2, 0.25) is 0 Å². The van der Waals surface area contributed by atoms with Gasteiger partial charge in [-0.1, -0.05) is 6.07 Å². The Hall–Kier alpha value is -3.07. The van der Waals surface area contributed by atoms with E-state index in [2.05, 4.69) is 10.3 Å². The van der Waals surface area contributed by atoms with E-state index in [-0.39, 0.29) is 17.8 Å². The highest BCUT2D eigenvalue weighted by Gasteiger charge is 2.14. The van der Waals surface area contributed by atoms with Gasteiger partial charge in [0.15, 0.2) is 0 Å². The fraction of sp³-hybridized carbons (Fsp3) is 0.188. The minimum absolute atomic E-state index is 0.122. The van der Waals surface area contributed by atoms with Crippen molar-refractivity contribution in [1.29, 1.82) is 0 Å². The van der Waals surface area contributed by atoms with Gasteiger partial charge in [-0.3, -0.25) is 24.3 Å². The van der Waals surface area contributed by atoms with Crippen LogP contribution in [0.5, 0.6) is 0 Å². The number of nitrogens with zero attached hydrogens (tertiary/aromatic N) is 3. The lowest BCUT2D eigenvalue weighted by molar-refractivity contribution is -0.384. The third-order valence-corrected chi connectivity index (χ3v) is 4.55. The van der Waals surface area contributed by atoms with Crippen LogP contribution in [0.4, 0.5) is 11.4 Å². The molecule has 0 aliphatic heterocycles. The molecular formula is C16H14N4O4S. The molecule has 1 N–H and O–H groups in total. The molecule has 0 bridgehead atoms. The summed E-state index contributed by atoms with van der Waals surface area (Å²) in [5.74, 6) is -0.0210. The Balaban J connectivity index is 1.86. The summed E-state index contributed by atoms with van der Waals surface area (Å²) in [6.07, 6.45) is 0. The second-order valence-electron chi connectivity index (χ2n) is 5.48. The first kappa shape index (κ1) is 16.8. The van der Waals surface area contributed by atoms with Crippen molar-refractivity contribution in [2.24, 2.45) is 0 Å². The molecule has 0 saturated carbocycles. The third kappa shape index (κ3) is 3.41. The van der Waals surface area contributed by atoms with Gasteiger partial charge in [-0.2, -0.15) is 0 Å². The predicted octanol–water partition coefficient (Wildman–Crippen LogP) is 2.62. The number of carbonyl (C=O) groups is 1. The molecule has 25 heavy (non-hydrogen) atoms. The molecule has 0 saturated heterocycles. The summed E-state index contributed by atoms with van der Waals surface area (Å²) in [5, 5.41) is 13.8. The summed E-state index contributed by atoms with van der Waals surface area (Å²) in [6.45, 7) is 3.34. The Morgan fingerprint density at radius 1 is 1.36 bits per heavy atom. The first-order valence-corrected chi connectivity index (χ1v) is 8.18. The monoisotopic (exact) mass is 358 g/mol. The van der Waals surface area contributed by atoms with Gasteiger partial charge in [-0.05, 0) is 26.0 Å². The van der Waals surface area contributed by atoms with Gasteiger partial charge < -0.3 is 5.32 Å². The van der Waals surface area contributed by atoms with Crippen LogP contribution >= 0.6 is 11.3 Å². The number of hydrogen-bond acceptors (Lipinski definition) is 6. The number of nitrogens with one attached hydrogen (secondary N) is 1. The first-order valence-electron chi connectivity index (χ1n) is 7.37. The maximum absolute atomic E-state index is 12.6. The molecule has 0 aliphatic rings. The van der Waals surface area contributed by atoms with Gasteiger partial charge in [0.25, 0.3) is 11.2 Å². The van der Waals surface area contributed by atoms with E-state index in [9.17, 15) is 19.7 Å². The Labute approximate surface area is 145 Å². The van der Waals surface area contributed by atoms with Gasteiger partial charge in [0, 0.05) is 22.7 Å². The van der Waals surface area contributed by atoms with Crippen LogP contribution in [0.25, 0.3) is 10.2 Å². The van der Waals surface area contributed by atoms with Crippen LogP contribution in [0.15, 0.2) is 35.1 Å². The van der Waals surface area contributed by atoms with Gasteiger partial charge in [-0.25, -0.2) is 4.98 Å². The minimum atomic E-state index is -0.541. The van der Waals surface area contributed by atoms with E-state index in [1.165, 1.54) is 34.1 Å². The third-order valence-electron chi connectivity index (χ3n) is 3.61. The van der Waals surface area contributed by atoms with Gasteiger partial charge in [0.05, 0.1) is 10.3 Å². The maximum Gasteiger partial charge on any atom is 0.271 e. The average Bonchev–Trinajstić information content (AvgIpc) is 2.92. The number of benzene rings is 1. The average molecular weight is 358 g/mol. The highest BCUT2D eigenvalue weighted by molar-refractivity contribution is 7.18. The molecule has 1 aromatic carbocycles. The smallest absolute Gasteiger partial charge is 0.271 e. The Bertz CT molecular complexity index is 1050. The molecule has 3 rings (SSSR count). The molecule has 0 unspecified atom stereocenters. The number of carbonyl (C=O) groups excluding carboxylic acids is 1. The van der Waals surface area contributed by atoms with E-state index in [4.69, 9.17) is 0 Å². The van der Waals surface area contributed by atoms with Gasteiger partial charge >= 0.3 is 0 Å². The number of fused-ring (bicyclic) bond motifs is 1. The number of hydrogen-bond donors (Lipinski definition) is 1. The summed E-state index contributed by atoms with van der Waals surface area (Å²) in [7, 11) is 0. The van der Waals surface area contributed by atoms with Crippen molar-refractivity contribution in [2.45, 2.75) is 20.4 Å². The number of aryl methyl sites for hydroxylation is 2. The molecule has 0 aliphatic carbocycles. The van der Waals surface area contributed by atoms with Crippen molar-refractivity contribution in [3.63, 3.8) is 0 Å². The van der Waals surface area contributed by atoms with Crippen LogP contribution in [-0.2, 0) is 11.3 Å². The zero-order valence-corrected chi connectivity index (χ0v) is 14.3. The predicted molar refractivity (Wildman–Crippen MR) is 95.1 cm³/mol. The number of nitro benzene ring substituents is 1. The highest BCUT2D eigenvalue weighted by Crippen LogP contribution is 2.20. The number of non-ortho nitro benzene ring substituents is 1. The lowest BCUT2D eigenvalue weighted by Gasteiger charge is -2.10. The van der Waals surface area contributed by atoms with Crippen LogP contribution in [0.3, 0.4) is 0 Å². The summed E-state index contributed by atoms with van der Waals surface area (Å²) in [4.78, 5) is 41.0. The molecule has 2 aromatic heterocycles. The van der Waals surface area contributed by atoms with E-state index in [1.807, 2.05) is 6.92 Å². The summed E-state index contributed by atoms with van der Waals surface area (Å²) < 4.78 is 1.29. The van der Waals surface area contributed by atoms with Crippen molar-refractivity contribution >= 4 is 38.8 Å². The molecular weight excluding hydrogens is 344 g/mol. The van der Waals surface area contributed by atoms with Crippen molar-refractivity contribution in [1.82, 2.24) is 9.55 Å². The molecule has 2 heterocycles. The van der Waals surface area contributed by atoms with Crippen LogP contribution in [-0.4, -0.2) is 20.4 Å². The van der Waals surface area contributed by atoms with E-state index in [0.717, 1.165) is 4.88 Å². The van der Waals surface area contributed by atoms with Crippen molar-refractivity contribution in [3.05, 3.63) is 61.5 Å². The van der Waals surface area contributed by atoms with E-state index in [0.29, 0.717) is 21.7 Å². The second-order valence-corrected chi connectivity index (χ2v) is 6.72. The van der Waals surface area contributed by atoms with Crippen molar-refractivity contribution in [3.8, 4) is 0 Å². The van der Waals surface area contributed by atoms with Crippen molar-refractivity contribution < 1.29 is 9.72 Å². The summed E-state index contributed by atoms with van der Waals surface area (Å²) >= 11 is 1.43. The Kier molecular flexibility index (Phi) is 4.32. The number of rotatable bonds is 4. The number of anilines is 1. The van der Waals surface area contributed by atoms with Gasteiger partial charge in [-0.15, -0.1) is 11.3 Å². The zero-order chi connectivity index (χ0) is 18.1. The topological polar surface area (TPSA) is 107 Å². The molecule has 3 aromatic rings. The summed E-state index contributed by atoms with van der Waals surface area (Å²) in [6, 6.07) is 7.37. The molecule has 8 nitrogen and oxygen atoms in total. The molecule has 0 fully saturated rings. The van der Waals surface area contributed by atoms with Gasteiger partial charge in [0.2, 0.25) is 5.91 Å². The quantitative estimate of drug-likeness (QED) is 0.570.